The van der Waals surface area contributed by atoms with E-state index in [0.717, 1.165) is 19.3 Å². The van der Waals surface area contributed by atoms with Crippen LogP contribution in [0.1, 0.15) is 19.3 Å². The van der Waals surface area contributed by atoms with Gasteiger partial charge in [-0.25, -0.2) is 0 Å². The third-order valence-electron chi connectivity index (χ3n) is 2.77. The lowest BCUT2D eigenvalue weighted by molar-refractivity contribution is -0.384. The molecule has 1 aromatic carbocycles. The molecule has 0 saturated heterocycles. The summed E-state index contributed by atoms with van der Waals surface area (Å²) in [5.74, 6) is -0.226. The molecule has 1 aliphatic rings. The van der Waals surface area contributed by atoms with E-state index in [1.807, 2.05) is 0 Å². The molecule has 0 atom stereocenters. The minimum absolute atomic E-state index is 0.0263. The first-order valence-electron chi connectivity index (χ1n) is 5.23. The lowest BCUT2D eigenvalue weighted by Gasteiger charge is -2.22. The Morgan fingerprint density at radius 1 is 1.47 bits per heavy atom. The monoisotopic (exact) mass is 255 g/mol. The first-order valence-corrected chi connectivity index (χ1v) is 5.61. The second-order valence-corrected chi connectivity index (χ2v) is 4.33. The maximum absolute atomic E-state index is 11.5. The van der Waals surface area contributed by atoms with Crippen molar-refractivity contribution in [3.05, 3.63) is 33.3 Å². The Bertz CT molecular complexity index is 471. The van der Waals surface area contributed by atoms with Crippen LogP contribution in [0.2, 0.25) is 5.02 Å². The molecular weight excluding hydrogens is 246 g/mol. The molecule has 2 rings (SSSR count). The third-order valence-corrected chi connectivity index (χ3v) is 3.09. The van der Waals surface area contributed by atoms with Crippen LogP contribution in [0.3, 0.4) is 0 Å². The Morgan fingerprint density at radius 2 is 2.18 bits per heavy atom. The number of carbonyl (C=O) groups is 1. The van der Waals surface area contributed by atoms with Crippen molar-refractivity contribution in [1.29, 1.82) is 0 Å². The first kappa shape index (κ1) is 11.9. The van der Waals surface area contributed by atoms with Crippen molar-refractivity contribution >= 4 is 23.3 Å². The van der Waals surface area contributed by atoms with E-state index in [-0.39, 0.29) is 28.3 Å². The largest absolute Gasteiger partial charge is 0.426 e. The van der Waals surface area contributed by atoms with Gasteiger partial charge in [-0.1, -0.05) is 18.0 Å². The maximum atomic E-state index is 11.5. The SMILES string of the molecule is O=C(Oc1ccc(Cl)c([N+](=O)[O-])c1)C1CCC1. The number of hydrogen-bond donors (Lipinski definition) is 0. The molecule has 5 nitrogen and oxygen atoms in total. The lowest BCUT2D eigenvalue weighted by atomic mass is 9.86. The number of nitro groups is 1. The van der Waals surface area contributed by atoms with Gasteiger partial charge in [-0.2, -0.15) is 0 Å². The summed E-state index contributed by atoms with van der Waals surface area (Å²) in [5.41, 5.74) is -0.259. The number of halogens is 1. The highest BCUT2D eigenvalue weighted by Crippen LogP contribution is 2.31. The van der Waals surface area contributed by atoms with Gasteiger partial charge in [0, 0.05) is 0 Å². The summed E-state index contributed by atoms with van der Waals surface area (Å²) in [6, 6.07) is 3.97. The molecular formula is C11H10ClNO4. The quantitative estimate of drug-likeness (QED) is 0.360. The average molecular weight is 256 g/mol. The highest BCUT2D eigenvalue weighted by Gasteiger charge is 2.27. The van der Waals surface area contributed by atoms with Crippen molar-refractivity contribution in [1.82, 2.24) is 0 Å². The average Bonchev–Trinajstić information content (AvgIpc) is 2.17. The second kappa shape index (κ2) is 4.71. The zero-order valence-electron chi connectivity index (χ0n) is 8.89. The summed E-state index contributed by atoms with van der Waals surface area (Å²) in [5, 5.41) is 10.7. The molecule has 0 N–H and O–H groups in total. The fraction of sp³-hybridized carbons (Fsp3) is 0.364. The highest BCUT2D eigenvalue weighted by atomic mass is 35.5. The summed E-state index contributed by atoms with van der Waals surface area (Å²) in [6.45, 7) is 0. The number of rotatable bonds is 3. The van der Waals surface area contributed by atoms with Crippen molar-refractivity contribution in [2.75, 3.05) is 0 Å². The van der Waals surface area contributed by atoms with Crippen LogP contribution in [0.4, 0.5) is 5.69 Å². The number of benzene rings is 1. The molecule has 1 aromatic rings. The van der Waals surface area contributed by atoms with Gasteiger partial charge < -0.3 is 4.74 Å². The number of esters is 1. The molecule has 0 aromatic heterocycles. The van der Waals surface area contributed by atoms with Gasteiger partial charge in [-0.05, 0) is 25.0 Å². The maximum Gasteiger partial charge on any atom is 0.314 e. The van der Waals surface area contributed by atoms with Crippen LogP contribution in [0.15, 0.2) is 18.2 Å². The molecule has 0 bridgehead atoms. The van der Waals surface area contributed by atoms with Crippen LogP contribution in [-0.2, 0) is 4.79 Å². The molecule has 90 valence electrons. The fourth-order valence-electron chi connectivity index (χ4n) is 1.54. The van der Waals surface area contributed by atoms with E-state index >= 15 is 0 Å². The topological polar surface area (TPSA) is 69.4 Å². The van der Waals surface area contributed by atoms with E-state index in [0.29, 0.717) is 0 Å². The summed E-state index contributed by atoms with van der Waals surface area (Å²) >= 11 is 5.65. The minimum atomic E-state index is -0.608. The Labute approximate surface area is 102 Å². The molecule has 0 heterocycles. The molecule has 0 aliphatic heterocycles. The molecule has 0 amide bonds. The van der Waals surface area contributed by atoms with Gasteiger partial charge >= 0.3 is 5.97 Å². The van der Waals surface area contributed by atoms with Crippen molar-refractivity contribution in [2.45, 2.75) is 19.3 Å². The van der Waals surface area contributed by atoms with Crippen LogP contribution in [0, 0.1) is 16.0 Å². The van der Waals surface area contributed by atoms with E-state index in [9.17, 15) is 14.9 Å². The molecule has 17 heavy (non-hydrogen) atoms. The molecule has 6 heteroatoms. The van der Waals surface area contributed by atoms with Gasteiger partial charge in [0.25, 0.3) is 5.69 Å². The summed E-state index contributed by atoms with van der Waals surface area (Å²) in [6.07, 6.45) is 2.68. The van der Waals surface area contributed by atoms with Crippen molar-refractivity contribution in [3.63, 3.8) is 0 Å². The summed E-state index contributed by atoms with van der Waals surface area (Å²) in [4.78, 5) is 21.6. The Hall–Kier alpha value is -1.62. The van der Waals surface area contributed by atoms with Crippen molar-refractivity contribution < 1.29 is 14.5 Å². The number of hydrogen-bond acceptors (Lipinski definition) is 4. The van der Waals surface area contributed by atoms with E-state index in [4.69, 9.17) is 16.3 Å². The zero-order chi connectivity index (χ0) is 12.4. The smallest absolute Gasteiger partial charge is 0.314 e. The molecule has 0 radical (unpaired) electrons. The van der Waals surface area contributed by atoms with Gasteiger partial charge in [0.1, 0.15) is 10.8 Å². The van der Waals surface area contributed by atoms with Crippen LogP contribution in [0.5, 0.6) is 5.75 Å². The normalized spacial score (nSPS) is 15.1. The van der Waals surface area contributed by atoms with Gasteiger partial charge in [-0.15, -0.1) is 0 Å². The molecule has 0 unspecified atom stereocenters. The van der Waals surface area contributed by atoms with Gasteiger partial charge in [0.2, 0.25) is 0 Å². The zero-order valence-corrected chi connectivity index (χ0v) is 9.64. The lowest BCUT2D eigenvalue weighted by Crippen LogP contribution is -2.26. The standard InChI is InChI=1S/C11H10ClNO4/c12-9-5-4-8(6-10(9)13(15)16)17-11(14)7-2-1-3-7/h4-7H,1-3H2. The van der Waals surface area contributed by atoms with Crippen LogP contribution in [0.25, 0.3) is 0 Å². The molecule has 1 fully saturated rings. The summed E-state index contributed by atoms with van der Waals surface area (Å²) in [7, 11) is 0. The fourth-order valence-corrected chi connectivity index (χ4v) is 1.73. The van der Waals surface area contributed by atoms with E-state index in [1.165, 1.54) is 18.2 Å². The minimum Gasteiger partial charge on any atom is -0.426 e. The Morgan fingerprint density at radius 3 is 2.71 bits per heavy atom. The highest BCUT2D eigenvalue weighted by molar-refractivity contribution is 6.32. The number of carbonyl (C=O) groups excluding carboxylic acids is 1. The first-order chi connectivity index (χ1) is 8.08. The number of nitro benzene ring substituents is 1. The van der Waals surface area contributed by atoms with Crippen LogP contribution < -0.4 is 4.74 Å². The van der Waals surface area contributed by atoms with E-state index in [2.05, 4.69) is 0 Å². The predicted molar refractivity (Wildman–Crippen MR) is 61.1 cm³/mol. The van der Waals surface area contributed by atoms with Crippen molar-refractivity contribution in [3.8, 4) is 5.75 Å². The van der Waals surface area contributed by atoms with Gasteiger partial charge in [-0.3, -0.25) is 14.9 Å². The van der Waals surface area contributed by atoms with Gasteiger partial charge in [0.15, 0.2) is 0 Å². The summed E-state index contributed by atoms with van der Waals surface area (Å²) < 4.78 is 5.06. The molecule has 1 saturated carbocycles. The van der Waals surface area contributed by atoms with E-state index < -0.39 is 4.92 Å². The molecule has 1 aliphatic carbocycles. The molecule has 0 spiro atoms. The Balaban J connectivity index is 2.13. The van der Waals surface area contributed by atoms with E-state index in [1.54, 1.807) is 0 Å². The van der Waals surface area contributed by atoms with Crippen LogP contribution in [-0.4, -0.2) is 10.9 Å². The van der Waals surface area contributed by atoms with Crippen LogP contribution >= 0.6 is 11.6 Å². The van der Waals surface area contributed by atoms with Gasteiger partial charge in [0.05, 0.1) is 16.9 Å². The number of nitrogens with zero attached hydrogens (tertiary/aromatic N) is 1. The van der Waals surface area contributed by atoms with Crippen molar-refractivity contribution in [2.24, 2.45) is 5.92 Å². The second-order valence-electron chi connectivity index (χ2n) is 3.92. The Kier molecular flexibility index (Phi) is 3.28. The third kappa shape index (κ3) is 2.55. The predicted octanol–water partition coefficient (Wildman–Crippen LogP) is 2.95. The number of ether oxygens (including phenoxy) is 1.